The topological polar surface area (TPSA) is 83.4 Å². The van der Waals surface area contributed by atoms with Crippen molar-refractivity contribution in [1.29, 1.82) is 0 Å². The average molecular weight is 411 g/mol. The van der Waals surface area contributed by atoms with Crippen molar-refractivity contribution >= 4 is 34.6 Å². The first-order valence-electron chi connectivity index (χ1n) is 9.78. The summed E-state index contributed by atoms with van der Waals surface area (Å²) in [5.74, 6) is -0.450. The lowest BCUT2D eigenvalue weighted by Crippen LogP contribution is -2.15. The van der Waals surface area contributed by atoms with Crippen LogP contribution < -0.4 is 16.0 Å². The van der Waals surface area contributed by atoms with Gasteiger partial charge in [-0.25, -0.2) is 0 Å². The third-order valence-corrected chi connectivity index (χ3v) is 4.72. The van der Waals surface area contributed by atoms with Gasteiger partial charge in [0.05, 0.1) is 17.6 Å². The molecular weight excluding hydrogens is 390 g/mol. The van der Waals surface area contributed by atoms with Crippen molar-refractivity contribution in [3.63, 3.8) is 0 Å². The van der Waals surface area contributed by atoms with Crippen molar-refractivity contribution in [3.05, 3.63) is 108 Å². The molecular formula is C25H21N3O3. The maximum atomic E-state index is 12.9. The van der Waals surface area contributed by atoms with Crippen LogP contribution in [0.4, 0.5) is 22.7 Å². The Morgan fingerprint density at radius 3 is 2.16 bits per heavy atom. The molecule has 0 saturated heterocycles. The molecule has 4 rings (SSSR count). The second-order valence-electron chi connectivity index (χ2n) is 6.95. The van der Waals surface area contributed by atoms with Crippen molar-refractivity contribution < 1.29 is 14.0 Å². The molecule has 154 valence electrons. The van der Waals surface area contributed by atoms with Gasteiger partial charge in [0.1, 0.15) is 0 Å². The fourth-order valence-electron chi connectivity index (χ4n) is 3.06. The van der Waals surface area contributed by atoms with E-state index < -0.39 is 0 Å². The highest BCUT2D eigenvalue weighted by atomic mass is 16.3. The van der Waals surface area contributed by atoms with Gasteiger partial charge < -0.3 is 20.4 Å². The molecule has 0 unspecified atom stereocenters. The Bertz CT molecular complexity index is 1200. The number of carbonyl (C=O) groups is 2. The first-order valence-corrected chi connectivity index (χ1v) is 9.78. The zero-order valence-electron chi connectivity index (χ0n) is 16.9. The molecule has 0 aliphatic carbocycles. The Kier molecular flexibility index (Phi) is 5.80. The molecule has 31 heavy (non-hydrogen) atoms. The summed E-state index contributed by atoms with van der Waals surface area (Å²) in [6, 6.07) is 25.6. The highest BCUT2D eigenvalue weighted by molar-refractivity contribution is 6.08. The smallest absolute Gasteiger partial charge is 0.291 e. The van der Waals surface area contributed by atoms with Crippen LogP contribution in [0.25, 0.3) is 0 Å². The number of nitrogens with one attached hydrogen (secondary N) is 3. The van der Waals surface area contributed by atoms with Gasteiger partial charge >= 0.3 is 0 Å². The van der Waals surface area contributed by atoms with E-state index in [2.05, 4.69) is 16.0 Å². The average Bonchev–Trinajstić information content (AvgIpc) is 3.32. The summed E-state index contributed by atoms with van der Waals surface area (Å²) in [7, 11) is 0. The monoisotopic (exact) mass is 411 g/mol. The van der Waals surface area contributed by atoms with E-state index >= 15 is 0 Å². The van der Waals surface area contributed by atoms with Crippen LogP contribution in [0.3, 0.4) is 0 Å². The summed E-state index contributed by atoms with van der Waals surface area (Å²) < 4.78 is 5.13. The highest BCUT2D eigenvalue weighted by Crippen LogP contribution is 2.26. The molecule has 0 fully saturated rings. The normalized spacial score (nSPS) is 10.4. The summed E-state index contributed by atoms with van der Waals surface area (Å²) in [5.41, 5.74) is 4.16. The van der Waals surface area contributed by atoms with Crippen molar-refractivity contribution in [2.45, 2.75) is 6.92 Å². The first kappa shape index (κ1) is 20.0. The summed E-state index contributed by atoms with van der Waals surface area (Å²) in [5, 5.41) is 9.04. The van der Waals surface area contributed by atoms with Crippen LogP contribution in [0.2, 0.25) is 0 Å². The molecule has 0 aliphatic rings. The van der Waals surface area contributed by atoms with E-state index in [0.717, 1.165) is 16.9 Å². The van der Waals surface area contributed by atoms with Gasteiger partial charge in [-0.1, -0.05) is 36.4 Å². The minimum atomic E-state index is -0.372. The third-order valence-electron chi connectivity index (χ3n) is 4.72. The predicted octanol–water partition coefficient (Wildman–Crippen LogP) is 5.84. The Morgan fingerprint density at radius 2 is 1.42 bits per heavy atom. The number of amides is 2. The molecule has 6 heteroatoms. The van der Waals surface area contributed by atoms with Gasteiger partial charge in [0, 0.05) is 16.9 Å². The summed E-state index contributed by atoms with van der Waals surface area (Å²) in [6.45, 7) is 1.86. The minimum absolute atomic E-state index is 0.204. The number of hydrogen-bond acceptors (Lipinski definition) is 4. The van der Waals surface area contributed by atoms with E-state index in [-0.39, 0.29) is 17.6 Å². The highest BCUT2D eigenvalue weighted by Gasteiger charge is 2.14. The largest absolute Gasteiger partial charge is 0.459 e. The summed E-state index contributed by atoms with van der Waals surface area (Å²) in [4.78, 5) is 25.2. The molecule has 0 bridgehead atoms. The van der Waals surface area contributed by atoms with E-state index in [4.69, 9.17) is 4.42 Å². The van der Waals surface area contributed by atoms with Gasteiger partial charge in [-0.3, -0.25) is 9.59 Å². The SMILES string of the molecule is Cc1ccc(C(=O)Nc2ccccc2Nc2ccccc2)cc1NC(=O)c1ccco1. The zero-order chi connectivity index (χ0) is 21.6. The molecule has 0 saturated carbocycles. The molecule has 0 atom stereocenters. The fraction of sp³-hybridized carbons (Fsp3) is 0.0400. The van der Waals surface area contributed by atoms with E-state index in [1.807, 2.05) is 61.5 Å². The van der Waals surface area contributed by atoms with E-state index in [9.17, 15) is 9.59 Å². The van der Waals surface area contributed by atoms with Gasteiger partial charge in [-0.2, -0.15) is 0 Å². The maximum absolute atomic E-state index is 12.9. The molecule has 0 radical (unpaired) electrons. The van der Waals surface area contributed by atoms with Crippen molar-refractivity contribution in [3.8, 4) is 0 Å². The number of anilines is 4. The quantitative estimate of drug-likeness (QED) is 0.372. The molecule has 3 aromatic carbocycles. The van der Waals surface area contributed by atoms with E-state index in [1.54, 1.807) is 30.3 Å². The molecule has 3 N–H and O–H groups in total. The molecule has 6 nitrogen and oxygen atoms in total. The molecule has 0 spiro atoms. The Hall–Kier alpha value is -4.32. The van der Waals surface area contributed by atoms with Crippen LogP contribution >= 0.6 is 0 Å². The number of aryl methyl sites for hydroxylation is 1. The van der Waals surface area contributed by atoms with Crippen LogP contribution in [0.5, 0.6) is 0 Å². The predicted molar refractivity (Wildman–Crippen MR) is 122 cm³/mol. The summed E-state index contributed by atoms with van der Waals surface area (Å²) >= 11 is 0. The third kappa shape index (κ3) is 4.82. The van der Waals surface area contributed by atoms with Crippen LogP contribution in [-0.4, -0.2) is 11.8 Å². The Labute approximate surface area is 179 Å². The Morgan fingerprint density at radius 1 is 0.710 bits per heavy atom. The molecule has 4 aromatic rings. The lowest BCUT2D eigenvalue weighted by Gasteiger charge is -2.14. The zero-order valence-corrected chi connectivity index (χ0v) is 16.9. The van der Waals surface area contributed by atoms with Crippen molar-refractivity contribution in [1.82, 2.24) is 0 Å². The molecule has 0 aliphatic heterocycles. The van der Waals surface area contributed by atoms with Gasteiger partial charge in [0.25, 0.3) is 11.8 Å². The number of benzene rings is 3. The van der Waals surface area contributed by atoms with Crippen molar-refractivity contribution in [2.75, 3.05) is 16.0 Å². The maximum Gasteiger partial charge on any atom is 0.291 e. The van der Waals surface area contributed by atoms with Gasteiger partial charge in [-0.15, -0.1) is 0 Å². The van der Waals surface area contributed by atoms with E-state index in [0.29, 0.717) is 16.9 Å². The van der Waals surface area contributed by atoms with Crippen LogP contribution in [0.15, 0.2) is 95.6 Å². The van der Waals surface area contributed by atoms with Crippen LogP contribution in [0.1, 0.15) is 26.5 Å². The lowest BCUT2D eigenvalue weighted by atomic mass is 10.1. The molecule has 1 heterocycles. The van der Waals surface area contributed by atoms with Crippen LogP contribution in [-0.2, 0) is 0 Å². The Balaban J connectivity index is 1.52. The minimum Gasteiger partial charge on any atom is -0.459 e. The van der Waals surface area contributed by atoms with Crippen molar-refractivity contribution in [2.24, 2.45) is 0 Å². The summed E-state index contributed by atoms with van der Waals surface area (Å²) in [6.07, 6.45) is 1.44. The fourth-order valence-corrected chi connectivity index (χ4v) is 3.06. The van der Waals surface area contributed by atoms with Crippen LogP contribution in [0, 0.1) is 6.92 Å². The standard InChI is InChI=1S/C25H21N3O3/c1-17-13-14-18(16-22(17)28-25(30)23-12-7-15-31-23)24(29)27-21-11-6-5-10-20(21)26-19-8-3-2-4-9-19/h2-16,26H,1H3,(H,27,29)(H,28,30). The van der Waals surface area contributed by atoms with E-state index in [1.165, 1.54) is 6.26 Å². The molecule has 1 aromatic heterocycles. The second kappa shape index (κ2) is 9.00. The number of carbonyl (C=O) groups excluding carboxylic acids is 2. The second-order valence-corrected chi connectivity index (χ2v) is 6.95. The lowest BCUT2D eigenvalue weighted by molar-refractivity contribution is 0.0993. The van der Waals surface area contributed by atoms with Gasteiger partial charge in [0.2, 0.25) is 0 Å². The van der Waals surface area contributed by atoms with Gasteiger partial charge in [-0.05, 0) is 61.0 Å². The van der Waals surface area contributed by atoms with Gasteiger partial charge in [0.15, 0.2) is 5.76 Å². The number of para-hydroxylation sites is 3. The number of furan rings is 1. The first-order chi connectivity index (χ1) is 15.1. The number of hydrogen-bond donors (Lipinski definition) is 3. The molecule has 2 amide bonds. The number of rotatable bonds is 6.